The summed E-state index contributed by atoms with van der Waals surface area (Å²) in [6, 6.07) is 4.49. The van der Waals surface area contributed by atoms with Crippen LogP contribution in [0.3, 0.4) is 0 Å². The lowest BCUT2D eigenvalue weighted by atomic mass is 10.2. The smallest absolute Gasteiger partial charge is 0.206 e. The van der Waals surface area contributed by atoms with Gasteiger partial charge in [0.25, 0.3) is 5.92 Å². The van der Waals surface area contributed by atoms with Crippen molar-refractivity contribution in [1.29, 1.82) is 0 Å². The average molecular weight is 220 g/mol. The molecule has 0 aliphatic carbocycles. The Labute approximate surface area is 85.5 Å². The molecule has 0 fully saturated rings. The molecular weight excluding hydrogens is 209 g/mol. The lowest BCUT2D eigenvalue weighted by Gasteiger charge is -2.10. The Balaban J connectivity index is 2.72. The molecule has 0 bridgehead atoms. The summed E-state index contributed by atoms with van der Waals surface area (Å²) in [6.45, 7) is 2.63. The first-order valence-corrected chi connectivity index (χ1v) is 5.14. The summed E-state index contributed by atoms with van der Waals surface area (Å²) in [7, 11) is 0. The van der Waals surface area contributed by atoms with Gasteiger partial charge in [-0.3, -0.25) is 0 Å². The lowest BCUT2D eigenvalue weighted by molar-refractivity contribution is 0.0492. The first-order chi connectivity index (χ1) is 6.38. The van der Waals surface area contributed by atoms with Crippen molar-refractivity contribution in [3.8, 4) is 0 Å². The highest BCUT2D eigenvalue weighted by Crippen LogP contribution is 2.28. The molecule has 0 saturated heterocycles. The predicted octanol–water partition coefficient (Wildman–Crippen LogP) is 3.88. The second kappa shape index (κ2) is 4.26. The van der Waals surface area contributed by atoms with E-state index in [1.165, 1.54) is 6.07 Å². The van der Waals surface area contributed by atoms with Crippen molar-refractivity contribution >= 4 is 11.8 Å². The van der Waals surface area contributed by atoms with Crippen LogP contribution >= 0.6 is 11.8 Å². The Hall–Kier alpha value is -0.640. The molecule has 78 valence electrons. The minimum Gasteiger partial charge on any atom is -0.206 e. The van der Waals surface area contributed by atoms with Crippen LogP contribution in [0.1, 0.15) is 12.5 Å². The van der Waals surface area contributed by atoms with E-state index in [1.807, 2.05) is 0 Å². The maximum atomic E-state index is 13.1. The van der Waals surface area contributed by atoms with E-state index >= 15 is 0 Å². The number of benzene rings is 1. The van der Waals surface area contributed by atoms with Gasteiger partial charge in [0.1, 0.15) is 5.82 Å². The number of hydrogen-bond acceptors (Lipinski definition) is 1. The van der Waals surface area contributed by atoms with Crippen LogP contribution in [0.15, 0.2) is 23.1 Å². The molecule has 0 spiro atoms. The zero-order valence-corrected chi connectivity index (χ0v) is 8.80. The maximum absolute atomic E-state index is 13.1. The fraction of sp³-hybridized carbons (Fsp3) is 0.400. The van der Waals surface area contributed by atoms with Crippen LogP contribution in [0.2, 0.25) is 0 Å². The Kier molecular flexibility index (Phi) is 3.48. The van der Waals surface area contributed by atoms with E-state index in [0.717, 1.165) is 24.2 Å². The third-order valence-electron chi connectivity index (χ3n) is 1.57. The van der Waals surface area contributed by atoms with Gasteiger partial charge in [-0.15, -0.1) is 11.8 Å². The topological polar surface area (TPSA) is 0 Å². The van der Waals surface area contributed by atoms with Crippen molar-refractivity contribution < 1.29 is 13.2 Å². The van der Waals surface area contributed by atoms with Crippen LogP contribution in [-0.2, 0) is 0 Å². The molecule has 14 heavy (non-hydrogen) atoms. The van der Waals surface area contributed by atoms with Gasteiger partial charge >= 0.3 is 0 Å². The van der Waals surface area contributed by atoms with E-state index in [9.17, 15) is 13.2 Å². The van der Waals surface area contributed by atoms with Gasteiger partial charge in [-0.05, 0) is 24.6 Å². The van der Waals surface area contributed by atoms with Crippen molar-refractivity contribution in [2.24, 2.45) is 0 Å². The van der Waals surface area contributed by atoms with Crippen molar-refractivity contribution in [2.45, 2.75) is 24.7 Å². The molecule has 0 aliphatic rings. The third-order valence-corrected chi connectivity index (χ3v) is 2.84. The molecule has 1 aromatic rings. The van der Waals surface area contributed by atoms with Crippen LogP contribution in [0.5, 0.6) is 0 Å². The van der Waals surface area contributed by atoms with Gasteiger partial charge in [-0.1, -0.05) is 6.07 Å². The van der Waals surface area contributed by atoms with Crippen LogP contribution in [0.4, 0.5) is 13.2 Å². The standard InChI is InChI=1S/C10H11F3S/c1-7-3-4-8(11)9(5-7)14-6-10(2,12)13/h3-5H,6H2,1-2H3. The summed E-state index contributed by atoms with van der Waals surface area (Å²) in [5, 5.41) is 0. The highest BCUT2D eigenvalue weighted by Gasteiger charge is 2.21. The quantitative estimate of drug-likeness (QED) is 0.696. The number of thioether (sulfide) groups is 1. The van der Waals surface area contributed by atoms with Gasteiger partial charge in [0.2, 0.25) is 0 Å². The second-order valence-corrected chi connectivity index (χ2v) is 4.31. The van der Waals surface area contributed by atoms with Gasteiger partial charge in [-0.2, -0.15) is 0 Å². The first-order valence-electron chi connectivity index (χ1n) is 4.15. The number of alkyl halides is 2. The van der Waals surface area contributed by atoms with E-state index < -0.39 is 17.5 Å². The van der Waals surface area contributed by atoms with Crippen LogP contribution < -0.4 is 0 Å². The monoisotopic (exact) mass is 220 g/mol. The van der Waals surface area contributed by atoms with Crippen molar-refractivity contribution in [3.05, 3.63) is 29.6 Å². The van der Waals surface area contributed by atoms with E-state index in [2.05, 4.69) is 0 Å². The molecule has 0 nitrogen and oxygen atoms in total. The minimum absolute atomic E-state index is 0.284. The Morgan fingerprint density at radius 2 is 2.00 bits per heavy atom. The first kappa shape index (κ1) is 11.4. The molecule has 0 unspecified atom stereocenters. The van der Waals surface area contributed by atoms with Gasteiger partial charge in [0.15, 0.2) is 0 Å². The number of rotatable bonds is 3. The summed E-state index contributed by atoms with van der Waals surface area (Å²) in [5.74, 6) is -3.60. The number of halogens is 3. The number of aryl methyl sites for hydroxylation is 1. The van der Waals surface area contributed by atoms with Crippen molar-refractivity contribution in [3.63, 3.8) is 0 Å². The minimum atomic E-state index is -2.76. The fourth-order valence-electron chi connectivity index (χ4n) is 0.926. The van der Waals surface area contributed by atoms with Gasteiger partial charge in [0, 0.05) is 11.8 Å². The normalized spacial score (nSPS) is 11.8. The summed E-state index contributed by atoms with van der Waals surface area (Å²) < 4.78 is 38.1. The van der Waals surface area contributed by atoms with E-state index in [-0.39, 0.29) is 4.90 Å². The lowest BCUT2D eigenvalue weighted by Crippen LogP contribution is -2.12. The van der Waals surface area contributed by atoms with Crippen LogP contribution in [-0.4, -0.2) is 11.7 Å². The molecule has 0 aromatic heterocycles. The summed E-state index contributed by atoms with van der Waals surface area (Å²) in [5.41, 5.74) is 0.869. The molecule has 0 saturated carbocycles. The van der Waals surface area contributed by atoms with Crippen molar-refractivity contribution in [2.75, 3.05) is 5.75 Å². The highest BCUT2D eigenvalue weighted by molar-refractivity contribution is 7.99. The van der Waals surface area contributed by atoms with E-state index in [1.54, 1.807) is 19.1 Å². The Morgan fingerprint density at radius 1 is 1.36 bits per heavy atom. The second-order valence-electron chi connectivity index (χ2n) is 3.29. The molecule has 1 rings (SSSR count). The molecule has 0 radical (unpaired) electrons. The van der Waals surface area contributed by atoms with E-state index in [0.29, 0.717) is 0 Å². The van der Waals surface area contributed by atoms with Crippen LogP contribution in [0, 0.1) is 12.7 Å². The zero-order valence-electron chi connectivity index (χ0n) is 7.98. The summed E-state index contributed by atoms with van der Waals surface area (Å²) in [6.07, 6.45) is 0. The molecule has 0 amide bonds. The zero-order chi connectivity index (χ0) is 10.8. The third kappa shape index (κ3) is 3.62. The molecule has 0 aliphatic heterocycles. The van der Waals surface area contributed by atoms with Gasteiger partial charge < -0.3 is 0 Å². The van der Waals surface area contributed by atoms with E-state index in [4.69, 9.17) is 0 Å². The highest BCUT2D eigenvalue weighted by atomic mass is 32.2. The van der Waals surface area contributed by atoms with Crippen LogP contribution in [0.25, 0.3) is 0 Å². The van der Waals surface area contributed by atoms with Crippen molar-refractivity contribution in [1.82, 2.24) is 0 Å². The molecule has 0 atom stereocenters. The molecule has 0 N–H and O–H groups in total. The van der Waals surface area contributed by atoms with Gasteiger partial charge in [0.05, 0.1) is 5.75 Å². The maximum Gasteiger partial charge on any atom is 0.254 e. The largest absolute Gasteiger partial charge is 0.254 e. The molecular formula is C10H11F3S. The Morgan fingerprint density at radius 3 is 2.57 bits per heavy atom. The number of hydrogen-bond donors (Lipinski definition) is 0. The van der Waals surface area contributed by atoms with Gasteiger partial charge in [-0.25, -0.2) is 13.2 Å². The fourth-order valence-corrected chi connectivity index (χ4v) is 1.81. The molecule has 1 aromatic carbocycles. The predicted molar refractivity (Wildman–Crippen MR) is 52.5 cm³/mol. The summed E-state index contributed by atoms with van der Waals surface area (Å²) in [4.78, 5) is 0.284. The Bertz CT molecular complexity index is 318. The molecule has 0 heterocycles. The average Bonchev–Trinajstić information content (AvgIpc) is 2.05. The SMILES string of the molecule is Cc1ccc(F)c(SCC(C)(F)F)c1. The molecule has 4 heteroatoms. The summed E-state index contributed by atoms with van der Waals surface area (Å²) >= 11 is 0.843.